The summed E-state index contributed by atoms with van der Waals surface area (Å²) < 4.78 is 8.16. The molecular formula is C17H18N4O3. The van der Waals surface area contributed by atoms with Crippen molar-refractivity contribution in [2.24, 2.45) is 0 Å². The second kappa shape index (κ2) is 7.10. The minimum atomic E-state index is -0.622. The highest BCUT2D eigenvalue weighted by atomic mass is 16.5. The van der Waals surface area contributed by atoms with Gasteiger partial charge in [0, 0.05) is 5.56 Å². The number of hydrogen-bond donors (Lipinski definition) is 1. The van der Waals surface area contributed by atoms with E-state index in [1.807, 2.05) is 30.3 Å². The second-order valence-electron chi connectivity index (χ2n) is 5.29. The maximum atomic E-state index is 12.3. The molecule has 124 valence electrons. The van der Waals surface area contributed by atoms with Gasteiger partial charge in [0.15, 0.2) is 0 Å². The van der Waals surface area contributed by atoms with E-state index in [-0.39, 0.29) is 18.8 Å². The molecular weight excluding hydrogens is 308 g/mol. The predicted molar refractivity (Wildman–Crippen MR) is 88.2 cm³/mol. The molecule has 0 bridgehead atoms. The van der Waals surface area contributed by atoms with Crippen LogP contribution in [0.25, 0.3) is 5.69 Å². The Morgan fingerprint density at radius 2 is 1.79 bits per heavy atom. The molecule has 0 amide bonds. The normalized spacial score (nSPS) is 12.1. The van der Waals surface area contributed by atoms with Crippen molar-refractivity contribution in [2.75, 3.05) is 6.61 Å². The molecule has 0 aliphatic carbocycles. The molecule has 7 nitrogen and oxygen atoms in total. The molecule has 0 spiro atoms. The van der Waals surface area contributed by atoms with Crippen molar-refractivity contribution in [3.05, 3.63) is 70.6 Å². The highest BCUT2D eigenvalue weighted by Crippen LogP contribution is 2.24. The first kappa shape index (κ1) is 15.9. The Balaban J connectivity index is 1.69. The van der Waals surface area contributed by atoms with Gasteiger partial charge in [-0.05, 0) is 35.5 Å². The first-order valence-corrected chi connectivity index (χ1v) is 7.65. The van der Waals surface area contributed by atoms with E-state index in [9.17, 15) is 9.90 Å². The number of aliphatic hydroxyl groups is 1. The Bertz CT molecular complexity index is 856. The topological polar surface area (TPSA) is 82.2 Å². The molecule has 0 radical (unpaired) electrons. The summed E-state index contributed by atoms with van der Waals surface area (Å²) in [5.74, 6) is 0.594. The molecule has 1 aromatic heterocycles. The monoisotopic (exact) mass is 326 g/mol. The molecule has 24 heavy (non-hydrogen) atoms. The van der Waals surface area contributed by atoms with Crippen molar-refractivity contribution in [1.82, 2.24) is 19.8 Å². The van der Waals surface area contributed by atoms with Crippen molar-refractivity contribution < 1.29 is 9.84 Å². The smallest absolute Gasteiger partial charge is 0.368 e. The van der Waals surface area contributed by atoms with E-state index in [0.717, 1.165) is 0 Å². The molecule has 0 aliphatic heterocycles. The first-order valence-electron chi connectivity index (χ1n) is 7.65. The van der Waals surface area contributed by atoms with Crippen LogP contribution in [0, 0.1) is 0 Å². The van der Waals surface area contributed by atoms with Crippen LogP contribution in [-0.2, 0) is 6.54 Å². The van der Waals surface area contributed by atoms with Crippen LogP contribution in [-0.4, -0.2) is 31.5 Å². The summed E-state index contributed by atoms with van der Waals surface area (Å²) in [5, 5.41) is 17.5. The van der Waals surface area contributed by atoms with E-state index < -0.39 is 6.10 Å². The van der Waals surface area contributed by atoms with Crippen LogP contribution in [0.5, 0.6) is 5.75 Å². The predicted octanol–water partition coefficient (Wildman–Crippen LogP) is 1.56. The standard InChI is InChI=1S/C17H18N4O3/c1-13(22)15-9-5-6-10-16(15)24-12-11-20-17(23)21(19-18-20)14-7-3-2-4-8-14/h2-10,13,22H,11-12H2,1H3/t13-/m1/s1. The molecule has 1 atom stereocenters. The maximum absolute atomic E-state index is 12.3. The fraction of sp³-hybridized carbons (Fsp3) is 0.235. The number of ether oxygens (including phenoxy) is 1. The van der Waals surface area contributed by atoms with Crippen molar-refractivity contribution in [1.29, 1.82) is 0 Å². The Morgan fingerprint density at radius 1 is 1.08 bits per heavy atom. The van der Waals surface area contributed by atoms with E-state index in [0.29, 0.717) is 17.0 Å². The van der Waals surface area contributed by atoms with Crippen LogP contribution in [0.4, 0.5) is 0 Å². The van der Waals surface area contributed by atoms with E-state index >= 15 is 0 Å². The van der Waals surface area contributed by atoms with Gasteiger partial charge < -0.3 is 9.84 Å². The van der Waals surface area contributed by atoms with E-state index in [4.69, 9.17) is 4.74 Å². The summed E-state index contributed by atoms with van der Waals surface area (Å²) in [6.07, 6.45) is -0.622. The Hall–Kier alpha value is -2.93. The van der Waals surface area contributed by atoms with Gasteiger partial charge >= 0.3 is 5.69 Å². The largest absolute Gasteiger partial charge is 0.491 e. The number of aromatic nitrogens is 4. The number of nitrogens with zero attached hydrogens (tertiary/aromatic N) is 4. The van der Waals surface area contributed by atoms with Crippen molar-refractivity contribution in [2.45, 2.75) is 19.6 Å². The SMILES string of the molecule is C[C@@H](O)c1ccccc1OCCn1nnn(-c2ccccc2)c1=O. The molecule has 0 unspecified atom stereocenters. The highest BCUT2D eigenvalue weighted by Gasteiger charge is 2.10. The molecule has 7 heteroatoms. The number of rotatable bonds is 6. The zero-order valence-corrected chi connectivity index (χ0v) is 13.2. The van der Waals surface area contributed by atoms with Crippen LogP contribution in [0.3, 0.4) is 0 Å². The molecule has 1 heterocycles. The van der Waals surface area contributed by atoms with Gasteiger partial charge in [-0.15, -0.1) is 0 Å². The molecule has 3 aromatic rings. The van der Waals surface area contributed by atoms with Crippen molar-refractivity contribution >= 4 is 0 Å². The first-order chi connectivity index (χ1) is 11.7. The Kier molecular flexibility index (Phi) is 4.72. The van der Waals surface area contributed by atoms with Crippen LogP contribution in [0.2, 0.25) is 0 Å². The fourth-order valence-corrected chi connectivity index (χ4v) is 2.34. The van der Waals surface area contributed by atoms with Gasteiger partial charge in [0.05, 0.1) is 18.3 Å². The molecule has 0 saturated heterocycles. The summed E-state index contributed by atoms with van der Waals surface area (Å²) in [6.45, 7) is 2.19. The maximum Gasteiger partial charge on any atom is 0.368 e. The average molecular weight is 326 g/mol. The third-order valence-corrected chi connectivity index (χ3v) is 3.57. The molecule has 3 rings (SSSR count). The van der Waals surface area contributed by atoms with E-state index in [2.05, 4.69) is 10.4 Å². The number of para-hydroxylation sites is 2. The summed E-state index contributed by atoms with van der Waals surface area (Å²) in [6, 6.07) is 16.4. The zero-order chi connectivity index (χ0) is 16.9. The molecule has 0 aliphatic rings. The van der Waals surface area contributed by atoms with Gasteiger partial charge in [0.25, 0.3) is 0 Å². The fourth-order valence-electron chi connectivity index (χ4n) is 2.34. The summed E-state index contributed by atoms with van der Waals surface area (Å²) in [7, 11) is 0. The van der Waals surface area contributed by atoms with Gasteiger partial charge in [-0.3, -0.25) is 0 Å². The number of aliphatic hydroxyl groups excluding tert-OH is 1. The number of benzene rings is 2. The van der Waals surface area contributed by atoms with Crippen LogP contribution < -0.4 is 10.4 Å². The van der Waals surface area contributed by atoms with Gasteiger partial charge in [0.1, 0.15) is 12.4 Å². The lowest BCUT2D eigenvalue weighted by molar-refractivity contribution is 0.190. The third-order valence-electron chi connectivity index (χ3n) is 3.57. The minimum Gasteiger partial charge on any atom is -0.491 e. The third kappa shape index (κ3) is 3.36. The number of tetrazole rings is 1. The molecule has 0 fully saturated rings. The van der Waals surface area contributed by atoms with E-state index in [1.165, 1.54) is 9.36 Å². The van der Waals surface area contributed by atoms with E-state index in [1.54, 1.807) is 31.2 Å². The van der Waals surface area contributed by atoms with Crippen molar-refractivity contribution in [3.63, 3.8) is 0 Å². The summed E-state index contributed by atoms with van der Waals surface area (Å²) in [5.41, 5.74) is 1.04. The molecule has 0 saturated carbocycles. The van der Waals surface area contributed by atoms with Crippen LogP contribution in [0.15, 0.2) is 59.4 Å². The lowest BCUT2D eigenvalue weighted by Crippen LogP contribution is -2.26. The second-order valence-corrected chi connectivity index (χ2v) is 5.29. The Morgan fingerprint density at radius 3 is 2.54 bits per heavy atom. The number of hydrogen-bond acceptors (Lipinski definition) is 5. The van der Waals surface area contributed by atoms with Gasteiger partial charge in [0.2, 0.25) is 0 Å². The molecule has 2 aromatic carbocycles. The average Bonchev–Trinajstić information content (AvgIpc) is 2.97. The van der Waals surface area contributed by atoms with Gasteiger partial charge in [-0.25, -0.2) is 4.79 Å². The van der Waals surface area contributed by atoms with Crippen LogP contribution >= 0.6 is 0 Å². The van der Waals surface area contributed by atoms with Crippen LogP contribution in [0.1, 0.15) is 18.6 Å². The lowest BCUT2D eigenvalue weighted by atomic mass is 10.1. The van der Waals surface area contributed by atoms with Gasteiger partial charge in [-0.2, -0.15) is 9.36 Å². The summed E-state index contributed by atoms with van der Waals surface area (Å²) in [4.78, 5) is 12.3. The zero-order valence-electron chi connectivity index (χ0n) is 13.2. The highest BCUT2D eigenvalue weighted by molar-refractivity contribution is 5.34. The lowest BCUT2D eigenvalue weighted by Gasteiger charge is -2.12. The van der Waals surface area contributed by atoms with Gasteiger partial charge in [-0.1, -0.05) is 36.4 Å². The quantitative estimate of drug-likeness (QED) is 0.743. The Labute approximate surface area is 138 Å². The van der Waals surface area contributed by atoms with Crippen molar-refractivity contribution in [3.8, 4) is 11.4 Å². The summed E-state index contributed by atoms with van der Waals surface area (Å²) >= 11 is 0. The molecule has 1 N–H and O–H groups in total. The minimum absolute atomic E-state index is 0.247.